The summed E-state index contributed by atoms with van der Waals surface area (Å²) in [5, 5.41) is 0.390. The Hall–Kier alpha value is -0.630. The Kier molecular flexibility index (Phi) is 4.09. The van der Waals surface area contributed by atoms with Crippen LogP contribution in [0.4, 0.5) is 0 Å². The second kappa shape index (κ2) is 4.93. The standard InChI is InChI=1S/C11H17O3P/c1-4-10-6-9(3)7-11(8-10)15(12,13)14-5-2/h6-8H,4-5H2,1-3H3,(H,12,13). The van der Waals surface area contributed by atoms with E-state index in [2.05, 4.69) is 0 Å². The summed E-state index contributed by atoms with van der Waals surface area (Å²) in [5.41, 5.74) is 2.04. The largest absolute Gasteiger partial charge is 0.358 e. The van der Waals surface area contributed by atoms with E-state index in [0.29, 0.717) is 5.30 Å². The Morgan fingerprint density at radius 1 is 1.33 bits per heavy atom. The van der Waals surface area contributed by atoms with E-state index in [1.165, 1.54) is 0 Å². The molecule has 0 spiro atoms. The van der Waals surface area contributed by atoms with Crippen molar-refractivity contribution in [3.8, 4) is 0 Å². The average molecular weight is 228 g/mol. The van der Waals surface area contributed by atoms with E-state index in [9.17, 15) is 9.46 Å². The van der Waals surface area contributed by atoms with Crippen LogP contribution in [0.5, 0.6) is 0 Å². The highest BCUT2D eigenvalue weighted by atomic mass is 31.2. The van der Waals surface area contributed by atoms with Gasteiger partial charge in [-0.3, -0.25) is 4.57 Å². The molecule has 1 aromatic carbocycles. The summed E-state index contributed by atoms with van der Waals surface area (Å²) >= 11 is 0. The highest BCUT2D eigenvalue weighted by Gasteiger charge is 2.22. The highest BCUT2D eigenvalue weighted by Crippen LogP contribution is 2.40. The van der Waals surface area contributed by atoms with Crippen LogP contribution in [-0.4, -0.2) is 11.5 Å². The SMILES string of the molecule is CCOP(=O)(O)c1cc(C)cc(CC)c1. The molecule has 0 saturated carbocycles. The third-order valence-electron chi connectivity index (χ3n) is 2.16. The first-order chi connectivity index (χ1) is 6.99. The number of rotatable bonds is 4. The number of benzene rings is 1. The molecule has 3 nitrogen and oxygen atoms in total. The quantitative estimate of drug-likeness (QED) is 0.805. The fourth-order valence-corrected chi connectivity index (χ4v) is 2.65. The Morgan fingerprint density at radius 3 is 2.53 bits per heavy atom. The van der Waals surface area contributed by atoms with Gasteiger partial charge in [-0.25, -0.2) is 0 Å². The molecule has 15 heavy (non-hydrogen) atoms. The van der Waals surface area contributed by atoms with Gasteiger partial charge in [0, 0.05) is 0 Å². The van der Waals surface area contributed by atoms with E-state index in [1.807, 2.05) is 19.9 Å². The van der Waals surface area contributed by atoms with Crippen molar-refractivity contribution in [2.24, 2.45) is 0 Å². The zero-order valence-electron chi connectivity index (χ0n) is 9.36. The van der Waals surface area contributed by atoms with Gasteiger partial charge < -0.3 is 9.42 Å². The number of hydrogen-bond acceptors (Lipinski definition) is 2. The molecule has 1 rings (SSSR count). The van der Waals surface area contributed by atoms with Gasteiger partial charge in [0.25, 0.3) is 0 Å². The van der Waals surface area contributed by atoms with Gasteiger partial charge in [0.1, 0.15) is 0 Å². The van der Waals surface area contributed by atoms with Gasteiger partial charge in [-0.15, -0.1) is 0 Å². The van der Waals surface area contributed by atoms with Crippen LogP contribution < -0.4 is 5.30 Å². The molecule has 1 N–H and O–H groups in total. The molecular weight excluding hydrogens is 211 g/mol. The molecule has 1 unspecified atom stereocenters. The minimum absolute atomic E-state index is 0.239. The maximum atomic E-state index is 11.8. The Balaban J connectivity index is 3.13. The van der Waals surface area contributed by atoms with E-state index < -0.39 is 7.60 Å². The van der Waals surface area contributed by atoms with Crippen LogP contribution in [0.15, 0.2) is 18.2 Å². The second-order valence-electron chi connectivity index (χ2n) is 3.47. The summed E-state index contributed by atoms with van der Waals surface area (Å²) in [7, 11) is -3.61. The molecule has 1 aromatic rings. The fourth-order valence-electron chi connectivity index (χ4n) is 1.46. The Bertz CT molecular complexity index is 387. The van der Waals surface area contributed by atoms with Crippen molar-refractivity contribution in [1.82, 2.24) is 0 Å². The molecule has 0 saturated heterocycles. The first-order valence-corrected chi connectivity index (χ1v) is 6.65. The van der Waals surface area contributed by atoms with Crippen molar-refractivity contribution in [3.05, 3.63) is 29.3 Å². The van der Waals surface area contributed by atoms with E-state index >= 15 is 0 Å². The summed E-state index contributed by atoms with van der Waals surface area (Å²) < 4.78 is 16.7. The molecule has 0 heterocycles. The summed E-state index contributed by atoms with van der Waals surface area (Å²) in [6, 6.07) is 5.45. The Labute approximate surface area is 90.6 Å². The lowest BCUT2D eigenvalue weighted by Gasteiger charge is -2.12. The van der Waals surface area contributed by atoms with Crippen LogP contribution in [0.2, 0.25) is 0 Å². The van der Waals surface area contributed by atoms with Crippen molar-refractivity contribution in [2.45, 2.75) is 27.2 Å². The molecule has 0 radical (unpaired) electrons. The maximum absolute atomic E-state index is 11.8. The molecule has 0 fully saturated rings. The molecule has 0 aliphatic rings. The second-order valence-corrected chi connectivity index (χ2v) is 5.28. The number of aryl methyl sites for hydroxylation is 2. The predicted octanol–water partition coefficient (Wildman–Crippen LogP) is 2.40. The molecule has 0 aliphatic carbocycles. The van der Waals surface area contributed by atoms with Crippen molar-refractivity contribution in [2.75, 3.05) is 6.61 Å². The third-order valence-corrected chi connectivity index (χ3v) is 3.68. The van der Waals surface area contributed by atoms with Gasteiger partial charge >= 0.3 is 7.60 Å². The van der Waals surface area contributed by atoms with Gasteiger partial charge in [-0.2, -0.15) is 0 Å². The van der Waals surface area contributed by atoms with Gasteiger partial charge in [0.15, 0.2) is 0 Å². The van der Waals surface area contributed by atoms with E-state index in [0.717, 1.165) is 17.5 Å². The minimum Gasteiger partial charge on any atom is -0.321 e. The topological polar surface area (TPSA) is 46.5 Å². The van der Waals surface area contributed by atoms with Gasteiger partial charge in [0.2, 0.25) is 0 Å². The van der Waals surface area contributed by atoms with E-state index in [-0.39, 0.29) is 6.61 Å². The summed E-state index contributed by atoms with van der Waals surface area (Å²) in [6.45, 7) is 5.87. The van der Waals surface area contributed by atoms with Crippen molar-refractivity contribution < 1.29 is 14.0 Å². The zero-order chi connectivity index (χ0) is 11.5. The lowest BCUT2D eigenvalue weighted by atomic mass is 10.1. The number of hydrogen-bond donors (Lipinski definition) is 1. The smallest absolute Gasteiger partial charge is 0.321 e. The normalized spacial score (nSPS) is 14.9. The van der Waals surface area contributed by atoms with Crippen LogP contribution >= 0.6 is 7.60 Å². The summed E-state index contributed by atoms with van der Waals surface area (Å²) in [5.74, 6) is 0. The van der Waals surface area contributed by atoms with Crippen molar-refractivity contribution in [1.29, 1.82) is 0 Å². The minimum atomic E-state index is -3.61. The average Bonchev–Trinajstić information content (AvgIpc) is 2.16. The van der Waals surface area contributed by atoms with Crippen molar-refractivity contribution in [3.63, 3.8) is 0 Å². The third kappa shape index (κ3) is 3.16. The maximum Gasteiger partial charge on any atom is 0.358 e. The predicted molar refractivity (Wildman–Crippen MR) is 61.6 cm³/mol. The Morgan fingerprint density at radius 2 is 2.00 bits per heavy atom. The van der Waals surface area contributed by atoms with Crippen LogP contribution in [0.1, 0.15) is 25.0 Å². The van der Waals surface area contributed by atoms with Crippen LogP contribution in [0, 0.1) is 6.92 Å². The molecule has 0 amide bonds. The summed E-state index contributed by atoms with van der Waals surface area (Å²) in [4.78, 5) is 9.66. The highest BCUT2D eigenvalue weighted by molar-refractivity contribution is 7.61. The van der Waals surface area contributed by atoms with Gasteiger partial charge in [-0.05, 0) is 43.5 Å². The lowest BCUT2D eigenvalue weighted by Crippen LogP contribution is -2.09. The molecule has 0 aromatic heterocycles. The summed E-state index contributed by atoms with van der Waals surface area (Å²) in [6.07, 6.45) is 0.848. The van der Waals surface area contributed by atoms with Gasteiger partial charge in [-0.1, -0.05) is 13.0 Å². The fraction of sp³-hybridized carbons (Fsp3) is 0.455. The van der Waals surface area contributed by atoms with E-state index in [4.69, 9.17) is 4.52 Å². The molecule has 1 atom stereocenters. The zero-order valence-corrected chi connectivity index (χ0v) is 10.3. The van der Waals surface area contributed by atoms with E-state index in [1.54, 1.807) is 19.1 Å². The van der Waals surface area contributed by atoms with Crippen LogP contribution in [0.25, 0.3) is 0 Å². The van der Waals surface area contributed by atoms with Crippen LogP contribution in [-0.2, 0) is 15.5 Å². The first-order valence-electron chi connectivity index (χ1n) is 5.08. The van der Waals surface area contributed by atoms with Crippen LogP contribution in [0.3, 0.4) is 0 Å². The molecule has 4 heteroatoms. The monoisotopic (exact) mass is 228 g/mol. The lowest BCUT2D eigenvalue weighted by molar-refractivity contribution is 0.284. The molecule has 84 valence electrons. The molecule has 0 bridgehead atoms. The molecule has 0 aliphatic heterocycles. The van der Waals surface area contributed by atoms with Gasteiger partial charge in [0.05, 0.1) is 11.9 Å². The first kappa shape index (κ1) is 12.4. The molecular formula is C11H17O3P. The van der Waals surface area contributed by atoms with Crippen molar-refractivity contribution >= 4 is 12.9 Å².